The highest BCUT2D eigenvalue weighted by Gasteiger charge is 2.31. The second-order valence-corrected chi connectivity index (χ2v) is 13.5. The Kier molecular flexibility index (Phi) is 11.0. The minimum absolute atomic E-state index is 0.193. The number of esters is 1. The molecule has 0 radical (unpaired) electrons. The molecule has 5 rings (SSSR count). The molecule has 13 heteroatoms. The average Bonchev–Trinajstić information content (AvgIpc) is 3.32. The lowest BCUT2D eigenvalue weighted by Gasteiger charge is -2.23. The van der Waals surface area contributed by atoms with E-state index in [4.69, 9.17) is 42.1 Å². The number of carbonyl (C=O) groups excluding carboxylic acids is 1. The number of benzene rings is 3. The van der Waals surface area contributed by atoms with E-state index in [1.54, 1.807) is 30.3 Å². The highest BCUT2D eigenvalue weighted by molar-refractivity contribution is 14.1. The minimum Gasteiger partial charge on any atom is -0.490 e. The molecule has 1 aliphatic rings. The summed E-state index contributed by atoms with van der Waals surface area (Å²) in [6.07, 6.45) is 3.22. The number of hydrogen-bond acceptors (Lipinski definition) is 8. The summed E-state index contributed by atoms with van der Waals surface area (Å²) in [5, 5.41) is 1.03. The molecular formula is C32H26BrCl2IN2O6S. The summed E-state index contributed by atoms with van der Waals surface area (Å²) in [4.78, 5) is 32.0. The van der Waals surface area contributed by atoms with Gasteiger partial charge < -0.3 is 18.9 Å². The number of rotatable bonds is 10. The maximum absolute atomic E-state index is 14.1. The predicted octanol–water partition coefficient (Wildman–Crippen LogP) is 7.07. The van der Waals surface area contributed by atoms with Gasteiger partial charge in [-0.1, -0.05) is 62.6 Å². The van der Waals surface area contributed by atoms with Crippen LogP contribution in [0.3, 0.4) is 0 Å². The van der Waals surface area contributed by atoms with Crippen molar-refractivity contribution in [3.05, 3.63) is 115 Å². The molecule has 0 aliphatic carbocycles. The van der Waals surface area contributed by atoms with Gasteiger partial charge in [0.2, 0.25) is 0 Å². The Morgan fingerprint density at radius 2 is 1.82 bits per heavy atom. The fourth-order valence-corrected chi connectivity index (χ4v) is 7.89. The highest BCUT2D eigenvalue weighted by atomic mass is 127. The van der Waals surface area contributed by atoms with E-state index in [0.29, 0.717) is 61.0 Å². The Bertz CT molecular complexity index is 1990. The van der Waals surface area contributed by atoms with Crippen molar-refractivity contribution in [2.75, 3.05) is 20.3 Å². The van der Waals surface area contributed by atoms with Crippen molar-refractivity contribution in [2.24, 2.45) is 4.99 Å². The Morgan fingerprint density at radius 3 is 2.53 bits per heavy atom. The number of aromatic nitrogens is 1. The first-order chi connectivity index (χ1) is 21.6. The molecule has 0 saturated carbocycles. The number of thiazole rings is 1. The van der Waals surface area contributed by atoms with Gasteiger partial charge in [0.05, 0.1) is 40.0 Å². The second-order valence-electron chi connectivity index (χ2n) is 9.58. The number of fused-ring (bicyclic) bond motifs is 1. The quantitative estimate of drug-likeness (QED) is 0.126. The molecule has 4 aromatic rings. The Hall–Kier alpha value is -2.84. The van der Waals surface area contributed by atoms with E-state index >= 15 is 0 Å². The molecule has 0 fully saturated rings. The number of carbonyl (C=O) groups is 1. The van der Waals surface area contributed by atoms with E-state index in [1.165, 1.54) is 29.2 Å². The van der Waals surface area contributed by atoms with Crippen LogP contribution in [0.5, 0.6) is 17.2 Å². The fraction of sp³-hybridized carbons (Fsp3) is 0.219. The number of ether oxygens (including phenoxy) is 4. The van der Waals surface area contributed by atoms with Crippen molar-refractivity contribution in [3.8, 4) is 17.2 Å². The topological polar surface area (TPSA) is 88.4 Å². The number of halogens is 4. The molecule has 234 valence electrons. The zero-order valence-electron chi connectivity index (χ0n) is 24.2. The largest absolute Gasteiger partial charge is 0.490 e. The van der Waals surface area contributed by atoms with Crippen LogP contribution in [0.4, 0.5) is 0 Å². The van der Waals surface area contributed by atoms with Crippen LogP contribution in [0.2, 0.25) is 10.0 Å². The van der Waals surface area contributed by atoms with Gasteiger partial charge in [-0.3, -0.25) is 9.36 Å². The Labute approximate surface area is 295 Å². The minimum atomic E-state index is -0.809. The van der Waals surface area contributed by atoms with Gasteiger partial charge in [-0.15, -0.1) is 0 Å². The molecule has 0 N–H and O–H groups in total. The van der Waals surface area contributed by atoms with Crippen LogP contribution in [-0.4, -0.2) is 30.9 Å². The average molecular weight is 844 g/mol. The molecule has 0 saturated heterocycles. The summed E-state index contributed by atoms with van der Waals surface area (Å²) in [7, 11) is 1.29. The molecule has 0 unspecified atom stereocenters. The van der Waals surface area contributed by atoms with Crippen LogP contribution in [0, 0.1) is 3.57 Å². The third-order valence-corrected chi connectivity index (χ3v) is 9.56. The summed E-state index contributed by atoms with van der Waals surface area (Å²) in [5.41, 5.74) is 1.97. The van der Waals surface area contributed by atoms with E-state index in [9.17, 15) is 9.59 Å². The molecule has 45 heavy (non-hydrogen) atoms. The van der Waals surface area contributed by atoms with Gasteiger partial charge in [0.1, 0.15) is 12.4 Å². The fourth-order valence-electron chi connectivity index (χ4n) is 4.76. The third kappa shape index (κ3) is 7.27. The highest BCUT2D eigenvalue weighted by Crippen LogP contribution is 2.36. The van der Waals surface area contributed by atoms with Crippen LogP contribution in [0.1, 0.15) is 36.6 Å². The molecule has 0 bridgehead atoms. The van der Waals surface area contributed by atoms with E-state index in [-0.39, 0.29) is 17.7 Å². The molecular weight excluding hydrogens is 818 g/mol. The summed E-state index contributed by atoms with van der Waals surface area (Å²) in [6, 6.07) is 13.6. The van der Waals surface area contributed by atoms with Crippen LogP contribution in [-0.2, 0) is 16.1 Å². The van der Waals surface area contributed by atoms with Crippen LogP contribution in [0.15, 0.2) is 74.6 Å². The lowest BCUT2D eigenvalue weighted by atomic mass is 9.97. The van der Waals surface area contributed by atoms with E-state index < -0.39 is 12.0 Å². The van der Waals surface area contributed by atoms with Gasteiger partial charge >= 0.3 is 5.97 Å². The van der Waals surface area contributed by atoms with Gasteiger partial charge in [0, 0.05) is 31.8 Å². The lowest BCUT2D eigenvalue weighted by molar-refractivity contribution is -0.136. The molecule has 1 aromatic heterocycles. The standard InChI is InChI=1S/C32H26BrCl2IN2O6S/c1-4-42-25-9-7-17(11-26(25)43-5-2)28-22(31(40)41-3)15-37-32-38(28)30(39)27(45-32)12-19-10-20(33)13-24(36)29(19)44-16-18-6-8-21(34)14-23(18)35/h6-15,28H,4-5,16H2,1-3H3/b27-12+/t28-/m1/s1. The Balaban J connectivity index is 1.62. The molecule has 1 atom stereocenters. The predicted molar refractivity (Wildman–Crippen MR) is 188 cm³/mol. The van der Waals surface area contributed by atoms with Crippen molar-refractivity contribution < 1.29 is 23.7 Å². The van der Waals surface area contributed by atoms with E-state index in [2.05, 4.69) is 43.5 Å². The van der Waals surface area contributed by atoms with Crippen molar-refractivity contribution in [1.29, 1.82) is 0 Å². The van der Waals surface area contributed by atoms with Gasteiger partial charge in [-0.05, 0) is 84.5 Å². The van der Waals surface area contributed by atoms with Crippen LogP contribution < -0.4 is 29.1 Å². The van der Waals surface area contributed by atoms with Gasteiger partial charge in [-0.25, -0.2) is 9.79 Å². The van der Waals surface area contributed by atoms with Crippen molar-refractivity contribution in [3.63, 3.8) is 0 Å². The summed E-state index contributed by atoms with van der Waals surface area (Å²) >= 11 is 19.4. The number of nitrogens with zero attached hydrogens (tertiary/aromatic N) is 2. The second kappa shape index (κ2) is 14.7. The summed E-state index contributed by atoms with van der Waals surface area (Å²) < 4.78 is 26.4. The number of hydrogen-bond donors (Lipinski definition) is 0. The smallest absolute Gasteiger partial charge is 0.337 e. The molecule has 1 aliphatic heterocycles. The maximum Gasteiger partial charge on any atom is 0.337 e. The zero-order valence-corrected chi connectivity index (χ0v) is 30.3. The SMILES string of the molecule is CCOc1ccc([C@@H]2C(C(=O)OC)=CN=c3s/c(=C/c4cc(Br)cc(I)c4OCc4ccc(Cl)cc4Cl)c(=O)n32)cc1OCC. The monoisotopic (exact) mass is 842 g/mol. The summed E-state index contributed by atoms with van der Waals surface area (Å²) in [5.74, 6) is 1.06. The van der Waals surface area contributed by atoms with Gasteiger partial charge in [0.15, 0.2) is 16.3 Å². The molecule has 2 heterocycles. The van der Waals surface area contributed by atoms with Crippen molar-refractivity contribution in [1.82, 2.24) is 4.57 Å². The first kappa shape index (κ1) is 33.5. The van der Waals surface area contributed by atoms with Gasteiger partial charge in [-0.2, -0.15) is 0 Å². The lowest BCUT2D eigenvalue weighted by Crippen LogP contribution is -2.39. The van der Waals surface area contributed by atoms with E-state index in [1.807, 2.05) is 38.1 Å². The van der Waals surface area contributed by atoms with Crippen LogP contribution >= 0.6 is 73.1 Å². The Morgan fingerprint density at radius 1 is 1.07 bits per heavy atom. The molecule has 0 amide bonds. The first-order valence-corrected chi connectivity index (χ1v) is 17.1. The van der Waals surface area contributed by atoms with E-state index in [0.717, 1.165) is 13.6 Å². The number of methoxy groups -OCH3 is 1. The van der Waals surface area contributed by atoms with Gasteiger partial charge in [0.25, 0.3) is 5.56 Å². The van der Waals surface area contributed by atoms with Crippen molar-refractivity contribution in [2.45, 2.75) is 26.5 Å². The van der Waals surface area contributed by atoms with Crippen LogP contribution in [0.25, 0.3) is 6.08 Å². The third-order valence-electron chi connectivity index (χ3n) is 6.72. The summed E-state index contributed by atoms with van der Waals surface area (Å²) in [6.45, 7) is 4.81. The molecule has 3 aromatic carbocycles. The normalized spacial score (nSPS) is 14.3. The molecule has 0 spiro atoms. The van der Waals surface area contributed by atoms with Crippen molar-refractivity contribution >= 4 is 85.1 Å². The maximum atomic E-state index is 14.1. The first-order valence-electron chi connectivity index (χ1n) is 13.7. The zero-order chi connectivity index (χ0) is 32.2. The molecule has 8 nitrogen and oxygen atoms in total.